The van der Waals surface area contributed by atoms with E-state index in [-0.39, 0.29) is 11.8 Å². The summed E-state index contributed by atoms with van der Waals surface area (Å²) < 4.78 is 5.56. The Labute approximate surface area is 206 Å². The molecule has 2 heterocycles. The molecule has 0 spiro atoms. The van der Waals surface area contributed by atoms with E-state index in [0.29, 0.717) is 37.8 Å². The van der Waals surface area contributed by atoms with Crippen LogP contribution in [0.25, 0.3) is 5.57 Å². The second-order valence-corrected chi connectivity index (χ2v) is 9.35. The summed E-state index contributed by atoms with van der Waals surface area (Å²) in [5, 5.41) is 3.02. The lowest BCUT2D eigenvalue weighted by Crippen LogP contribution is -2.41. The molecule has 0 bridgehead atoms. The van der Waals surface area contributed by atoms with Crippen LogP contribution >= 0.6 is 0 Å². The Balaban J connectivity index is 1.22. The molecule has 1 N–H and O–H groups in total. The maximum Gasteiger partial charge on any atom is 0.251 e. The Hall–Kier alpha value is -3.64. The van der Waals surface area contributed by atoms with Gasteiger partial charge in [0.15, 0.2) is 0 Å². The molecule has 1 fully saturated rings. The normalized spacial score (nSPS) is 15.7. The topological polar surface area (TPSA) is 65.8 Å². The average molecular weight is 470 g/mol. The van der Waals surface area contributed by atoms with Crippen LogP contribution in [0.2, 0.25) is 0 Å². The molecule has 3 aromatic rings. The van der Waals surface area contributed by atoms with Crippen molar-refractivity contribution in [3.05, 3.63) is 102 Å². The minimum atomic E-state index is -0.0188. The van der Waals surface area contributed by atoms with Gasteiger partial charge in [0.25, 0.3) is 5.91 Å². The lowest BCUT2D eigenvalue weighted by molar-refractivity contribution is -0.132. The highest BCUT2D eigenvalue weighted by atomic mass is 16.3. The molecule has 0 atom stereocenters. The first-order chi connectivity index (χ1) is 17.1. The van der Waals surface area contributed by atoms with Gasteiger partial charge < -0.3 is 14.6 Å². The molecular formula is C29H31N3O3. The zero-order valence-electron chi connectivity index (χ0n) is 19.9. The maximum absolute atomic E-state index is 13.2. The van der Waals surface area contributed by atoms with Crippen molar-refractivity contribution in [3.63, 3.8) is 0 Å². The Morgan fingerprint density at radius 2 is 1.77 bits per heavy atom. The van der Waals surface area contributed by atoms with E-state index in [4.69, 9.17) is 4.42 Å². The molecule has 0 saturated heterocycles. The Morgan fingerprint density at radius 3 is 2.43 bits per heavy atom. The van der Waals surface area contributed by atoms with Crippen LogP contribution in [-0.2, 0) is 17.9 Å². The molecule has 0 radical (unpaired) electrons. The van der Waals surface area contributed by atoms with Crippen molar-refractivity contribution in [1.29, 1.82) is 0 Å². The van der Waals surface area contributed by atoms with Gasteiger partial charge in [-0.25, -0.2) is 0 Å². The number of hydrogen-bond acceptors (Lipinski definition) is 4. The summed E-state index contributed by atoms with van der Waals surface area (Å²) >= 11 is 0. The van der Waals surface area contributed by atoms with Crippen molar-refractivity contribution in [2.24, 2.45) is 0 Å². The molecule has 5 rings (SSSR count). The average Bonchev–Trinajstić information content (AvgIpc) is 3.56. The lowest BCUT2D eigenvalue weighted by Gasteiger charge is -2.29. The lowest BCUT2D eigenvalue weighted by atomic mass is 9.99. The van der Waals surface area contributed by atoms with E-state index in [1.165, 1.54) is 11.1 Å². The smallest absolute Gasteiger partial charge is 0.251 e. The van der Waals surface area contributed by atoms with E-state index in [0.717, 1.165) is 37.1 Å². The van der Waals surface area contributed by atoms with Crippen LogP contribution < -0.4 is 5.32 Å². The molecule has 180 valence electrons. The first kappa shape index (κ1) is 23.1. The van der Waals surface area contributed by atoms with Crippen molar-refractivity contribution in [3.8, 4) is 0 Å². The minimum absolute atomic E-state index is 0.0188. The fraction of sp³-hybridized carbons (Fsp3) is 0.310. The number of nitrogens with zero attached hydrogens (tertiary/aromatic N) is 2. The zero-order valence-corrected chi connectivity index (χ0v) is 19.9. The van der Waals surface area contributed by atoms with Gasteiger partial charge in [-0.3, -0.25) is 14.5 Å². The van der Waals surface area contributed by atoms with Crippen LogP contribution in [0.15, 0.2) is 83.5 Å². The van der Waals surface area contributed by atoms with Gasteiger partial charge in [0, 0.05) is 31.2 Å². The van der Waals surface area contributed by atoms with Gasteiger partial charge in [0.2, 0.25) is 5.91 Å². The standard InChI is InChI=1S/C29H31N3O3/c33-28(32-16-14-24(15-17-32)23-5-2-1-3-6-23)21-31(20-27-7-4-18-35-27)19-22-8-10-25(11-9-22)29(34)30-26-12-13-26/h1-11,14,18,26H,12-13,15-17,19-21H2,(H,30,34). The summed E-state index contributed by atoms with van der Waals surface area (Å²) in [6.45, 7) is 2.79. The molecule has 1 aromatic heterocycles. The summed E-state index contributed by atoms with van der Waals surface area (Å²) in [4.78, 5) is 29.5. The SMILES string of the molecule is O=C(NC1CC1)c1ccc(CN(CC(=O)N2CC=C(c3ccccc3)CC2)Cc2ccco2)cc1. The Morgan fingerprint density at radius 1 is 0.971 bits per heavy atom. The zero-order chi connectivity index (χ0) is 24.0. The quantitative estimate of drug-likeness (QED) is 0.502. The van der Waals surface area contributed by atoms with E-state index in [1.807, 2.05) is 59.5 Å². The third kappa shape index (κ3) is 6.28. The van der Waals surface area contributed by atoms with Crippen LogP contribution in [0.3, 0.4) is 0 Å². The highest BCUT2D eigenvalue weighted by Gasteiger charge is 2.24. The molecule has 1 saturated carbocycles. The summed E-state index contributed by atoms with van der Waals surface area (Å²) in [6, 6.07) is 22.2. The van der Waals surface area contributed by atoms with Gasteiger partial charge in [-0.1, -0.05) is 48.5 Å². The molecular weight excluding hydrogens is 438 g/mol. The summed E-state index contributed by atoms with van der Waals surface area (Å²) in [5.41, 5.74) is 4.25. The predicted octanol–water partition coefficient (Wildman–Crippen LogP) is 4.49. The molecule has 1 aliphatic carbocycles. The second kappa shape index (κ2) is 10.7. The van der Waals surface area contributed by atoms with Gasteiger partial charge >= 0.3 is 0 Å². The molecule has 0 unspecified atom stereocenters. The molecule has 2 amide bonds. The fourth-order valence-corrected chi connectivity index (χ4v) is 4.41. The van der Waals surface area contributed by atoms with Gasteiger partial charge in [-0.05, 0) is 60.2 Å². The third-order valence-corrected chi connectivity index (χ3v) is 6.56. The van der Waals surface area contributed by atoms with Crippen molar-refractivity contribution >= 4 is 17.4 Å². The van der Waals surface area contributed by atoms with E-state index in [9.17, 15) is 9.59 Å². The number of carbonyl (C=O) groups is 2. The van der Waals surface area contributed by atoms with Crippen LogP contribution in [0.4, 0.5) is 0 Å². The van der Waals surface area contributed by atoms with Crippen LogP contribution in [0.1, 0.15) is 46.5 Å². The number of amides is 2. The van der Waals surface area contributed by atoms with Crippen molar-refractivity contribution in [1.82, 2.24) is 15.1 Å². The number of nitrogens with one attached hydrogen (secondary N) is 1. The second-order valence-electron chi connectivity index (χ2n) is 9.35. The third-order valence-electron chi connectivity index (χ3n) is 6.56. The first-order valence-electron chi connectivity index (χ1n) is 12.3. The van der Waals surface area contributed by atoms with E-state index < -0.39 is 0 Å². The summed E-state index contributed by atoms with van der Waals surface area (Å²) in [6.07, 6.45) is 6.82. The van der Waals surface area contributed by atoms with Gasteiger partial charge in [0.05, 0.1) is 19.4 Å². The van der Waals surface area contributed by atoms with Crippen molar-refractivity contribution in [2.45, 2.75) is 38.4 Å². The van der Waals surface area contributed by atoms with E-state index in [2.05, 4.69) is 28.4 Å². The van der Waals surface area contributed by atoms with E-state index >= 15 is 0 Å². The van der Waals surface area contributed by atoms with E-state index in [1.54, 1.807) is 6.26 Å². The number of hydrogen-bond donors (Lipinski definition) is 1. The first-order valence-corrected chi connectivity index (χ1v) is 12.3. The Bertz CT molecular complexity index is 1170. The molecule has 2 aliphatic rings. The molecule has 2 aromatic carbocycles. The predicted molar refractivity (Wildman–Crippen MR) is 135 cm³/mol. The highest BCUT2D eigenvalue weighted by molar-refractivity contribution is 5.94. The maximum atomic E-state index is 13.2. The highest BCUT2D eigenvalue weighted by Crippen LogP contribution is 2.23. The number of carbonyl (C=O) groups excluding carboxylic acids is 2. The molecule has 6 heteroatoms. The summed E-state index contributed by atoms with van der Waals surface area (Å²) in [7, 11) is 0. The Kier molecular flexibility index (Phi) is 7.09. The van der Waals surface area contributed by atoms with Gasteiger partial charge in [-0.15, -0.1) is 0 Å². The number of benzene rings is 2. The van der Waals surface area contributed by atoms with Gasteiger partial charge in [-0.2, -0.15) is 0 Å². The van der Waals surface area contributed by atoms with Crippen LogP contribution in [0.5, 0.6) is 0 Å². The van der Waals surface area contributed by atoms with Crippen molar-refractivity contribution < 1.29 is 14.0 Å². The van der Waals surface area contributed by atoms with Crippen LogP contribution in [0, 0.1) is 0 Å². The molecule has 1 aliphatic heterocycles. The monoisotopic (exact) mass is 469 g/mol. The largest absolute Gasteiger partial charge is 0.468 e. The van der Waals surface area contributed by atoms with Gasteiger partial charge in [0.1, 0.15) is 5.76 Å². The number of furan rings is 1. The van der Waals surface area contributed by atoms with Crippen molar-refractivity contribution in [2.75, 3.05) is 19.6 Å². The molecule has 6 nitrogen and oxygen atoms in total. The minimum Gasteiger partial charge on any atom is -0.468 e. The fourth-order valence-electron chi connectivity index (χ4n) is 4.41. The molecule has 35 heavy (non-hydrogen) atoms. The summed E-state index contributed by atoms with van der Waals surface area (Å²) in [5.74, 6) is 0.915. The van der Waals surface area contributed by atoms with Crippen LogP contribution in [-0.4, -0.2) is 47.3 Å². The number of rotatable bonds is 9.